The van der Waals surface area contributed by atoms with Crippen LogP contribution in [0.4, 0.5) is 0 Å². The van der Waals surface area contributed by atoms with Crippen molar-refractivity contribution in [2.75, 3.05) is 26.7 Å². The monoisotopic (exact) mass is 331 g/mol. The van der Waals surface area contributed by atoms with E-state index >= 15 is 0 Å². The van der Waals surface area contributed by atoms with Gasteiger partial charge in [-0.25, -0.2) is 13.1 Å². The Morgan fingerprint density at radius 3 is 2.76 bits per heavy atom. The molecular formula is C14H22ClN3O2S. The standard InChI is InChI=1S/C14H22ClN3O2S/c1-10-12(7-16)5-13(15)6-14(10)21(19,20)17-8-11-3-4-18(2)9-11/h5-6,11,17H,3-4,7-9,16H2,1-2H3. The van der Waals surface area contributed by atoms with Crippen molar-refractivity contribution < 1.29 is 8.42 Å². The van der Waals surface area contributed by atoms with Crippen molar-refractivity contribution in [3.63, 3.8) is 0 Å². The summed E-state index contributed by atoms with van der Waals surface area (Å²) >= 11 is 6.00. The molecule has 1 unspecified atom stereocenters. The normalized spacial score (nSPS) is 20.1. The number of rotatable bonds is 5. The van der Waals surface area contributed by atoms with E-state index in [1.54, 1.807) is 13.0 Å². The third-order valence-electron chi connectivity index (χ3n) is 3.99. The van der Waals surface area contributed by atoms with Gasteiger partial charge in [0, 0.05) is 24.7 Å². The van der Waals surface area contributed by atoms with Crippen molar-refractivity contribution in [1.82, 2.24) is 9.62 Å². The number of hydrogen-bond acceptors (Lipinski definition) is 4. The topological polar surface area (TPSA) is 75.4 Å². The molecule has 0 bridgehead atoms. The van der Waals surface area contributed by atoms with Crippen LogP contribution in [-0.2, 0) is 16.6 Å². The lowest BCUT2D eigenvalue weighted by molar-refractivity contribution is 0.394. The summed E-state index contributed by atoms with van der Waals surface area (Å²) in [5.74, 6) is 0.359. The number of nitrogens with two attached hydrogens (primary N) is 1. The molecule has 118 valence electrons. The van der Waals surface area contributed by atoms with E-state index in [0.717, 1.165) is 25.1 Å². The highest BCUT2D eigenvalue weighted by atomic mass is 35.5. The van der Waals surface area contributed by atoms with E-state index in [-0.39, 0.29) is 11.4 Å². The molecule has 0 aromatic heterocycles. The number of sulfonamides is 1. The molecule has 0 amide bonds. The smallest absolute Gasteiger partial charge is 0.240 e. The minimum Gasteiger partial charge on any atom is -0.326 e. The average Bonchev–Trinajstić information content (AvgIpc) is 2.84. The fourth-order valence-electron chi connectivity index (χ4n) is 2.70. The second-order valence-electron chi connectivity index (χ2n) is 5.66. The van der Waals surface area contributed by atoms with Crippen LogP contribution in [-0.4, -0.2) is 40.0 Å². The zero-order valence-corrected chi connectivity index (χ0v) is 14.0. The predicted octanol–water partition coefficient (Wildman–Crippen LogP) is 1.34. The molecule has 1 aliphatic rings. The summed E-state index contributed by atoms with van der Waals surface area (Å²) in [7, 11) is -1.51. The van der Waals surface area contributed by atoms with E-state index < -0.39 is 10.0 Å². The van der Waals surface area contributed by atoms with Gasteiger partial charge in [-0.05, 0) is 56.1 Å². The molecule has 1 aromatic carbocycles. The number of halogens is 1. The second kappa shape index (κ2) is 6.62. The van der Waals surface area contributed by atoms with Crippen LogP contribution in [0.25, 0.3) is 0 Å². The van der Waals surface area contributed by atoms with Gasteiger partial charge in [-0.1, -0.05) is 11.6 Å². The lowest BCUT2D eigenvalue weighted by Gasteiger charge is -2.15. The quantitative estimate of drug-likeness (QED) is 0.853. The Hall–Kier alpha value is -0.660. The number of hydrogen-bond donors (Lipinski definition) is 2. The Labute approximate surface area is 131 Å². The van der Waals surface area contributed by atoms with Gasteiger partial charge < -0.3 is 10.6 Å². The highest BCUT2D eigenvalue weighted by Crippen LogP contribution is 2.24. The summed E-state index contributed by atoms with van der Waals surface area (Å²) < 4.78 is 27.7. The van der Waals surface area contributed by atoms with Crippen molar-refractivity contribution in [2.45, 2.75) is 24.8 Å². The van der Waals surface area contributed by atoms with Crippen LogP contribution in [0, 0.1) is 12.8 Å². The van der Waals surface area contributed by atoms with Crippen molar-refractivity contribution in [3.05, 3.63) is 28.3 Å². The van der Waals surface area contributed by atoms with Gasteiger partial charge in [-0.2, -0.15) is 0 Å². The van der Waals surface area contributed by atoms with Gasteiger partial charge in [-0.15, -0.1) is 0 Å². The van der Waals surface area contributed by atoms with Crippen molar-refractivity contribution in [2.24, 2.45) is 11.7 Å². The highest BCUT2D eigenvalue weighted by Gasteiger charge is 2.24. The molecule has 1 saturated heterocycles. The number of nitrogens with one attached hydrogen (secondary N) is 1. The summed E-state index contributed by atoms with van der Waals surface area (Å²) in [6.45, 7) is 4.42. The molecule has 1 aromatic rings. The van der Waals surface area contributed by atoms with Crippen LogP contribution in [0.3, 0.4) is 0 Å². The molecule has 5 nitrogen and oxygen atoms in total. The molecule has 0 spiro atoms. The predicted molar refractivity (Wildman–Crippen MR) is 84.9 cm³/mol. The number of likely N-dealkylation sites (tertiary alicyclic amines) is 1. The molecule has 0 aliphatic carbocycles. The summed E-state index contributed by atoms with van der Waals surface area (Å²) in [6.07, 6.45) is 1.02. The zero-order valence-electron chi connectivity index (χ0n) is 12.4. The van der Waals surface area contributed by atoms with Crippen molar-refractivity contribution in [1.29, 1.82) is 0 Å². The van der Waals surface area contributed by atoms with Crippen LogP contribution in [0.15, 0.2) is 17.0 Å². The Balaban J connectivity index is 2.17. The average molecular weight is 332 g/mol. The molecule has 1 fully saturated rings. The Morgan fingerprint density at radius 1 is 1.48 bits per heavy atom. The van der Waals surface area contributed by atoms with Gasteiger partial charge in [0.25, 0.3) is 0 Å². The van der Waals surface area contributed by atoms with Gasteiger partial charge in [-0.3, -0.25) is 0 Å². The largest absolute Gasteiger partial charge is 0.326 e. The maximum absolute atomic E-state index is 12.5. The Bertz CT molecular complexity index is 619. The minimum absolute atomic E-state index is 0.224. The van der Waals surface area contributed by atoms with E-state index in [1.807, 2.05) is 7.05 Å². The Kier molecular flexibility index (Phi) is 5.27. The molecule has 21 heavy (non-hydrogen) atoms. The second-order valence-corrected chi connectivity index (χ2v) is 7.83. The molecule has 7 heteroatoms. The van der Waals surface area contributed by atoms with E-state index in [4.69, 9.17) is 17.3 Å². The first-order chi connectivity index (χ1) is 9.83. The molecule has 2 rings (SSSR count). The molecule has 0 saturated carbocycles. The SMILES string of the molecule is Cc1c(CN)cc(Cl)cc1S(=O)(=O)NCC1CCN(C)C1. The van der Waals surface area contributed by atoms with E-state index in [9.17, 15) is 8.42 Å². The van der Waals surface area contributed by atoms with Crippen LogP contribution in [0.5, 0.6) is 0 Å². The first-order valence-corrected chi connectivity index (χ1v) is 8.87. The van der Waals surface area contributed by atoms with Gasteiger partial charge in [0.15, 0.2) is 0 Å². The summed E-state index contributed by atoms with van der Waals surface area (Å²) in [4.78, 5) is 2.43. The third-order valence-corrected chi connectivity index (χ3v) is 5.76. The van der Waals surface area contributed by atoms with Crippen LogP contribution in [0.2, 0.25) is 5.02 Å². The van der Waals surface area contributed by atoms with Gasteiger partial charge in [0.2, 0.25) is 10.0 Å². The highest BCUT2D eigenvalue weighted by molar-refractivity contribution is 7.89. The molecule has 3 N–H and O–H groups in total. The molecule has 0 radical (unpaired) electrons. The summed E-state index contributed by atoms with van der Waals surface area (Å²) in [6, 6.07) is 3.20. The third kappa shape index (κ3) is 3.96. The van der Waals surface area contributed by atoms with Gasteiger partial charge >= 0.3 is 0 Å². The lowest BCUT2D eigenvalue weighted by Crippen LogP contribution is -2.31. The Morgan fingerprint density at radius 2 is 2.19 bits per heavy atom. The van der Waals surface area contributed by atoms with E-state index in [0.29, 0.717) is 23.0 Å². The molecule has 1 aliphatic heterocycles. The fraction of sp³-hybridized carbons (Fsp3) is 0.571. The van der Waals surface area contributed by atoms with Crippen molar-refractivity contribution in [3.8, 4) is 0 Å². The van der Waals surface area contributed by atoms with Gasteiger partial charge in [0.05, 0.1) is 4.90 Å². The van der Waals surface area contributed by atoms with Crippen LogP contribution in [0.1, 0.15) is 17.5 Å². The maximum atomic E-state index is 12.5. The first kappa shape index (κ1) is 16.7. The summed E-state index contributed by atoms with van der Waals surface area (Å²) in [5.41, 5.74) is 7.06. The molecule has 1 heterocycles. The maximum Gasteiger partial charge on any atom is 0.240 e. The van der Waals surface area contributed by atoms with E-state index in [2.05, 4.69) is 9.62 Å². The molecule has 1 atom stereocenters. The van der Waals surface area contributed by atoms with Crippen molar-refractivity contribution >= 4 is 21.6 Å². The fourth-order valence-corrected chi connectivity index (χ4v) is 4.43. The molecular weight excluding hydrogens is 310 g/mol. The van der Waals surface area contributed by atoms with Crippen LogP contribution < -0.4 is 10.5 Å². The van der Waals surface area contributed by atoms with E-state index in [1.165, 1.54) is 6.07 Å². The van der Waals surface area contributed by atoms with Gasteiger partial charge in [0.1, 0.15) is 0 Å². The lowest BCUT2D eigenvalue weighted by atomic mass is 10.1. The first-order valence-electron chi connectivity index (χ1n) is 7.01. The van der Waals surface area contributed by atoms with Crippen LogP contribution >= 0.6 is 11.6 Å². The minimum atomic E-state index is -3.56. The number of nitrogens with zero attached hydrogens (tertiary/aromatic N) is 1. The summed E-state index contributed by atoms with van der Waals surface area (Å²) in [5, 5.41) is 0.391. The number of benzene rings is 1. The zero-order chi connectivity index (χ0) is 15.6.